The summed E-state index contributed by atoms with van der Waals surface area (Å²) in [4.78, 5) is 26.2. The molecule has 1 atom stereocenters. The molecule has 0 spiro atoms. The molecule has 2 N–H and O–H groups in total. The molecule has 0 aliphatic carbocycles. The van der Waals surface area contributed by atoms with E-state index in [9.17, 15) is 9.59 Å². The van der Waals surface area contributed by atoms with Crippen molar-refractivity contribution in [1.82, 2.24) is 15.5 Å². The summed E-state index contributed by atoms with van der Waals surface area (Å²) in [5.74, 6) is -0.164. The Morgan fingerprint density at radius 2 is 2.05 bits per heavy atom. The van der Waals surface area contributed by atoms with Crippen LogP contribution >= 0.6 is 0 Å². The van der Waals surface area contributed by atoms with E-state index in [0.29, 0.717) is 13.1 Å². The van der Waals surface area contributed by atoms with E-state index in [1.807, 2.05) is 26.2 Å². The van der Waals surface area contributed by atoms with E-state index in [1.54, 1.807) is 0 Å². The zero-order valence-electron chi connectivity index (χ0n) is 12.7. The molecule has 1 unspecified atom stereocenters. The third-order valence-corrected chi connectivity index (χ3v) is 3.61. The molecule has 1 fully saturated rings. The molecule has 114 valence electrons. The fourth-order valence-corrected chi connectivity index (χ4v) is 2.45. The van der Waals surface area contributed by atoms with Gasteiger partial charge in [-0.15, -0.1) is 0 Å². The van der Waals surface area contributed by atoms with E-state index < -0.39 is 0 Å². The summed E-state index contributed by atoms with van der Waals surface area (Å²) in [5, 5.41) is 5.88. The number of amides is 3. The summed E-state index contributed by atoms with van der Waals surface area (Å²) in [6.45, 7) is 3.15. The predicted molar refractivity (Wildman–Crippen MR) is 82.3 cm³/mol. The van der Waals surface area contributed by atoms with Crippen molar-refractivity contribution >= 4 is 17.6 Å². The summed E-state index contributed by atoms with van der Waals surface area (Å²) in [5.41, 5.74) is 2.35. The van der Waals surface area contributed by atoms with Crippen LogP contribution in [0.2, 0.25) is 0 Å². The van der Waals surface area contributed by atoms with Crippen molar-refractivity contribution in [3.63, 3.8) is 0 Å². The van der Waals surface area contributed by atoms with E-state index in [1.165, 1.54) is 10.5 Å². The number of urea groups is 1. The Kier molecular flexibility index (Phi) is 4.80. The van der Waals surface area contributed by atoms with E-state index in [0.717, 1.165) is 5.69 Å². The van der Waals surface area contributed by atoms with Gasteiger partial charge in [-0.1, -0.05) is 18.2 Å². The molecule has 3 amide bonds. The summed E-state index contributed by atoms with van der Waals surface area (Å²) < 4.78 is 0. The predicted octanol–water partition coefficient (Wildman–Crippen LogP) is 0.955. The molecular weight excluding hydrogens is 268 g/mol. The number of anilines is 1. The van der Waals surface area contributed by atoms with Gasteiger partial charge in [0, 0.05) is 38.9 Å². The Bertz CT molecular complexity index is 514. The van der Waals surface area contributed by atoms with Crippen molar-refractivity contribution < 1.29 is 9.59 Å². The van der Waals surface area contributed by atoms with Crippen LogP contribution in [0.3, 0.4) is 0 Å². The van der Waals surface area contributed by atoms with Gasteiger partial charge in [0.1, 0.15) is 0 Å². The van der Waals surface area contributed by atoms with E-state index in [4.69, 9.17) is 0 Å². The second-order valence-corrected chi connectivity index (χ2v) is 5.33. The monoisotopic (exact) mass is 290 g/mol. The molecule has 1 aromatic carbocycles. The van der Waals surface area contributed by atoms with Crippen molar-refractivity contribution in [3.8, 4) is 0 Å². The molecular formula is C15H22N4O2. The van der Waals surface area contributed by atoms with Crippen LogP contribution in [0.1, 0.15) is 18.5 Å². The average Bonchev–Trinajstić information content (AvgIpc) is 2.78. The number of hydrogen-bond acceptors (Lipinski definition) is 4. The highest BCUT2D eigenvalue weighted by molar-refractivity contribution is 6.01. The fourth-order valence-electron chi connectivity index (χ4n) is 2.45. The minimum Gasteiger partial charge on any atom is -0.377 e. The van der Waals surface area contributed by atoms with Crippen molar-refractivity contribution in [2.24, 2.45) is 0 Å². The van der Waals surface area contributed by atoms with Gasteiger partial charge in [0.2, 0.25) is 5.91 Å². The van der Waals surface area contributed by atoms with E-state index >= 15 is 0 Å². The highest BCUT2D eigenvalue weighted by Gasteiger charge is 2.27. The molecule has 6 heteroatoms. The maximum Gasteiger partial charge on any atom is 0.324 e. The standard InChI is InChI=1S/C15H22N4O2/c1-11(12-6-4-5-7-13(12)18(2)3)16-8-9-19-14(20)10-17-15(19)21/h4-7,11,16H,8-10H2,1-3H3,(H,17,21). The van der Waals surface area contributed by atoms with Crippen molar-refractivity contribution in [3.05, 3.63) is 29.8 Å². The van der Waals surface area contributed by atoms with Crippen LogP contribution in [0.4, 0.5) is 10.5 Å². The molecule has 0 radical (unpaired) electrons. The number of nitrogens with one attached hydrogen (secondary N) is 2. The third-order valence-electron chi connectivity index (χ3n) is 3.61. The van der Waals surface area contributed by atoms with E-state index in [2.05, 4.69) is 34.6 Å². The van der Waals surface area contributed by atoms with Crippen LogP contribution in [0.15, 0.2) is 24.3 Å². The first-order valence-corrected chi connectivity index (χ1v) is 7.08. The molecule has 21 heavy (non-hydrogen) atoms. The Morgan fingerprint density at radius 1 is 1.33 bits per heavy atom. The van der Waals surface area contributed by atoms with Crippen LogP contribution < -0.4 is 15.5 Å². The number of rotatable bonds is 6. The van der Waals surface area contributed by atoms with Crippen LogP contribution in [0, 0.1) is 0 Å². The topological polar surface area (TPSA) is 64.7 Å². The van der Waals surface area contributed by atoms with Gasteiger partial charge in [-0.2, -0.15) is 0 Å². The summed E-state index contributed by atoms with van der Waals surface area (Å²) in [6, 6.07) is 8.02. The second-order valence-electron chi connectivity index (χ2n) is 5.33. The number of carbonyl (C=O) groups excluding carboxylic acids is 2. The van der Waals surface area contributed by atoms with Crippen molar-refractivity contribution in [2.75, 3.05) is 38.6 Å². The molecule has 0 aromatic heterocycles. The van der Waals surface area contributed by atoms with Gasteiger partial charge in [-0.25, -0.2) is 4.79 Å². The molecule has 0 bridgehead atoms. The molecule has 1 aromatic rings. The first-order valence-electron chi connectivity index (χ1n) is 7.08. The molecule has 1 aliphatic heterocycles. The first kappa shape index (κ1) is 15.3. The van der Waals surface area contributed by atoms with Crippen LogP contribution in [-0.4, -0.2) is 50.6 Å². The highest BCUT2D eigenvalue weighted by Crippen LogP contribution is 2.24. The smallest absolute Gasteiger partial charge is 0.324 e. The maximum absolute atomic E-state index is 11.5. The lowest BCUT2D eigenvalue weighted by atomic mass is 10.1. The fraction of sp³-hybridized carbons (Fsp3) is 0.467. The first-order chi connectivity index (χ1) is 10.0. The van der Waals surface area contributed by atoms with Gasteiger partial charge in [0.25, 0.3) is 0 Å². The lowest BCUT2D eigenvalue weighted by Crippen LogP contribution is -2.37. The number of carbonyl (C=O) groups is 2. The number of benzene rings is 1. The summed E-state index contributed by atoms with van der Waals surface area (Å²) >= 11 is 0. The molecule has 0 saturated carbocycles. The SMILES string of the molecule is CC(NCCN1C(=O)CNC1=O)c1ccccc1N(C)C. The zero-order chi connectivity index (χ0) is 15.4. The quantitative estimate of drug-likeness (QED) is 0.766. The molecule has 1 aliphatic rings. The number of imide groups is 1. The van der Waals surface area contributed by atoms with Gasteiger partial charge in [-0.3, -0.25) is 9.69 Å². The molecule has 1 heterocycles. The van der Waals surface area contributed by atoms with Crippen LogP contribution in [0.25, 0.3) is 0 Å². The summed E-state index contributed by atoms with van der Waals surface area (Å²) in [6.07, 6.45) is 0. The molecule has 1 saturated heterocycles. The minimum absolute atomic E-state index is 0.109. The number of nitrogens with zero attached hydrogens (tertiary/aromatic N) is 2. The Hall–Kier alpha value is -2.08. The van der Waals surface area contributed by atoms with Gasteiger partial charge < -0.3 is 15.5 Å². The van der Waals surface area contributed by atoms with Gasteiger partial charge in [0.05, 0.1) is 6.54 Å². The average molecular weight is 290 g/mol. The van der Waals surface area contributed by atoms with Crippen molar-refractivity contribution in [2.45, 2.75) is 13.0 Å². The van der Waals surface area contributed by atoms with Crippen LogP contribution in [0.5, 0.6) is 0 Å². The Balaban J connectivity index is 1.92. The zero-order valence-corrected chi connectivity index (χ0v) is 12.7. The molecule has 6 nitrogen and oxygen atoms in total. The van der Waals surface area contributed by atoms with Gasteiger partial charge in [-0.05, 0) is 18.6 Å². The lowest BCUT2D eigenvalue weighted by molar-refractivity contribution is -0.124. The molecule has 2 rings (SSSR count). The lowest BCUT2D eigenvalue weighted by Gasteiger charge is -2.23. The second kappa shape index (κ2) is 6.58. The van der Waals surface area contributed by atoms with Gasteiger partial charge in [0.15, 0.2) is 0 Å². The largest absolute Gasteiger partial charge is 0.377 e. The minimum atomic E-state index is -0.303. The number of para-hydroxylation sites is 1. The maximum atomic E-state index is 11.5. The van der Waals surface area contributed by atoms with Crippen LogP contribution in [-0.2, 0) is 4.79 Å². The Morgan fingerprint density at radius 3 is 2.67 bits per heavy atom. The highest BCUT2D eigenvalue weighted by atomic mass is 16.2. The third kappa shape index (κ3) is 3.52. The normalized spacial score (nSPS) is 16.0. The number of hydrogen-bond donors (Lipinski definition) is 2. The van der Waals surface area contributed by atoms with Gasteiger partial charge >= 0.3 is 6.03 Å². The van der Waals surface area contributed by atoms with E-state index in [-0.39, 0.29) is 24.5 Å². The van der Waals surface area contributed by atoms with Crippen molar-refractivity contribution in [1.29, 1.82) is 0 Å². The summed E-state index contributed by atoms with van der Waals surface area (Å²) in [7, 11) is 4.03. The Labute approximate surface area is 125 Å².